The topological polar surface area (TPSA) is 91.7 Å². The second kappa shape index (κ2) is 5.91. The third kappa shape index (κ3) is 3.73. The summed E-state index contributed by atoms with van der Waals surface area (Å²) in [4.78, 5) is 15.5. The SMILES string of the molecule is C1=Cc2cccc3cccc(c23)C1.O=P(O)(O)S(=O)(=O)Cl. The van der Waals surface area contributed by atoms with Crippen LogP contribution in [0.25, 0.3) is 16.8 Å². The Morgan fingerprint density at radius 1 is 1.10 bits per heavy atom. The van der Waals surface area contributed by atoms with Crippen molar-refractivity contribution >= 4 is 43.0 Å². The Morgan fingerprint density at radius 3 is 2.24 bits per heavy atom. The number of allylic oxidation sites excluding steroid dienone is 1. The van der Waals surface area contributed by atoms with Crippen molar-refractivity contribution in [2.45, 2.75) is 6.42 Å². The van der Waals surface area contributed by atoms with Crippen molar-refractivity contribution in [3.63, 3.8) is 0 Å². The van der Waals surface area contributed by atoms with Gasteiger partial charge < -0.3 is 9.79 Å². The average Bonchev–Trinajstić information content (AvgIpc) is 2.38. The van der Waals surface area contributed by atoms with Crippen molar-refractivity contribution in [2.24, 2.45) is 0 Å². The van der Waals surface area contributed by atoms with Crippen LogP contribution in [-0.4, -0.2) is 18.2 Å². The van der Waals surface area contributed by atoms with E-state index in [1.165, 1.54) is 21.9 Å². The molecule has 0 heterocycles. The van der Waals surface area contributed by atoms with E-state index in [0.29, 0.717) is 0 Å². The first-order valence-corrected chi connectivity index (χ1v) is 10.4. The normalized spacial score (nSPS) is 13.7. The van der Waals surface area contributed by atoms with E-state index in [2.05, 4.69) is 59.2 Å². The molecule has 21 heavy (non-hydrogen) atoms. The van der Waals surface area contributed by atoms with Crippen molar-refractivity contribution < 1.29 is 22.8 Å². The summed E-state index contributed by atoms with van der Waals surface area (Å²) in [5.74, 6) is 0. The molecule has 2 N–H and O–H groups in total. The second-order valence-corrected chi connectivity index (χ2v) is 10.9. The van der Waals surface area contributed by atoms with Crippen LogP contribution in [0.5, 0.6) is 0 Å². The van der Waals surface area contributed by atoms with E-state index in [9.17, 15) is 13.0 Å². The molecule has 112 valence electrons. The second-order valence-electron chi connectivity index (χ2n) is 4.37. The molecule has 1 aliphatic carbocycles. The van der Waals surface area contributed by atoms with E-state index in [4.69, 9.17) is 9.79 Å². The lowest BCUT2D eigenvalue weighted by atomic mass is 9.93. The largest absolute Gasteiger partial charge is 0.454 e. The minimum Gasteiger partial charge on any atom is -0.312 e. The summed E-state index contributed by atoms with van der Waals surface area (Å²) in [6, 6.07) is 13.0. The molecule has 0 amide bonds. The molecule has 2 aromatic rings. The summed E-state index contributed by atoms with van der Waals surface area (Å²) in [6.07, 6.45) is 5.53. The van der Waals surface area contributed by atoms with Crippen LogP contribution in [0.2, 0.25) is 0 Å². The molecule has 0 aliphatic heterocycles. The van der Waals surface area contributed by atoms with E-state index in [1.54, 1.807) is 0 Å². The first-order chi connectivity index (χ1) is 9.70. The van der Waals surface area contributed by atoms with Gasteiger partial charge in [-0.15, -0.1) is 0 Å². The third-order valence-electron chi connectivity index (χ3n) is 2.94. The average molecular weight is 347 g/mol. The molecule has 1 aliphatic rings. The summed E-state index contributed by atoms with van der Waals surface area (Å²) in [6.45, 7) is -5.11. The van der Waals surface area contributed by atoms with Gasteiger partial charge in [0.15, 0.2) is 0 Å². The van der Waals surface area contributed by atoms with Crippen LogP contribution in [0.4, 0.5) is 0 Å². The molecule has 0 saturated carbocycles. The minimum absolute atomic E-state index is 1.08. The van der Waals surface area contributed by atoms with Gasteiger partial charge in [-0.25, -0.2) is 4.57 Å². The smallest absolute Gasteiger partial charge is 0.312 e. The van der Waals surface area contributed by atoms with Gasteiger partial charge in [0.1, 0.15) is 0 Å². The van der Waals surface area contributed by atoms with Gasteiger partial charge in [-0.1, -0.05) is 48.6 Å². The minimum atomic E-state index is -5.11. The molecule has 0 unspecified atom stereocenters. The molecule has 0 atom stereocenters. The van der Waals surface area contributed by atoms with Gasteiger partial charge >= 0.3 is 15.5 Å². The van der Waals surface area contributed by atoms with E-state index in [0.717, 1.165) is 6.42 Å². The van der Waals surface area contributed by atoms with Gasteiger partial charge in [0.2, 0.25) is 0 Å². The van der Waals surface area contributed by atoms with Crippen LogP contribution in [0.15, 0.2) is 42.5 Å². The van der Waals surface area contributed by atoms with Crippen molar-refractivity contribution in [1.29, 1.82) is 0 Å². The standard InChI is InChI=1S/C13H10.ClH2O5PS/c1-4-10-6-2-8-12-9-3-7-11(5-1)13(10)12;1-8(5,6)7(2,3)4/h1-8H,9H2;(H2,2,3,4). The Bertz CT molecular complexity index is 849. The maximum Gasteiger partial charge on any atom is 0.454 e. The highest BCUT2D eigenvalue weighted by molar-refractivity contribution is 8.60. The zero-order valence-electron chi connectivity index (χ0n) is 10.7. The molecule has 0 bridgehead atoms. The van der Waals surface area contributed by atoms with Gasteiger partial charge in [-0.3, -0.25) is 0 Å². The van der Waals surface area contributed by atoms with Crippen molar-refractivity contribution in [3.8, 4) is 0 Å². The lowest BCUT2D eigenvalue weighted by Crippen LogP contribution is -1.91. The Labute approximate surface area is 126 Å². The molecular weight excluding hydrogens is 335 g/mol. The number of halogens is 1. The summed E-state index contributed by atoms with van der Waals surface area (Å²) in [7, 11) is -0.483. The third-order valence-corrected chi connectivity index (χ3v) is 6.83. The Hall–Kier alpha value is -1.17. The van der Waals surface area contributed by atoms with Gasteiger partial charge in [-0.2, -0.15) is 8.42 Å². The van der Waals surface area contributed by atoms with E-state index in [-0.39, 0.29) is 0 Å². The quantitative estimate of drug-likeness (QED) is 0.611. The number of hydrogen-bond donors (Lipinski definition) is 2. The molecule has 0 radical (unpaired) electrons. The van der Waals surface area contributed by atoms with Gasteiger partial charge in [0, 0.05) is 10.7 Å². The lowest BCUT2D eigenvalue weighted by Gasteiger charge is -2.11. The molecule has 0 aromatic heterocycles. The maximum atomic E-state index is 9.66. The van der Waals surface area contributed by atoms with Crippen molar-refractivity contribution in [3.05, 3.63) is 53.6 Å². The predicted molar refractivity (Wildman–Crippen MR) is 83.5 cm³/mol. The van der Waals surface area contributed by atoms with E-state index >= 15 is 0 Å². The fraction of sp³-hybridized carbons (Fsp3) is 0.0769. The number of hydrogen-bond acceptors (Lipinski definition) is 3. The first-order valence-electron chi connectivity index (χ1n) is 5.87. The van der Waals surface area contributed by atoms with Gasteiger partial charge in [-0.05, 0) is 28.3 Å². The van der Waals surface area contributed by atoms with E-state index in [1.807, 2.05) is 0 Å². The molecule has 3 rings (SSSR count). The highest BCUT2D eigenvalue weighted by atomic mass is 35.7. The fourth-order valence-corrected chi connectivity index (χ4v) is 2.07. The Morgan fingerprint density at radius 2 is 1.67 bits per heavy atom. The van der Waals surface area contributed by atoms with Crippen LogP contribution in [0.1, 0.15) is 11.1 Å². The lowest BCUT2D eigenvalue weighted by molar-refractivity contribution is 0.391. The highest BCUT2D eigenvalue weighted by Crippen LogP contribution is 2.45. The summed E-state index contributed by atoms with van der Waals surface area (Å²) in [5, 5.41) is 2.80. The summed E-state index contributed by atoms with van der Waals surface area (Å²) in [5.41, 5.74) is 2.81. The van der Waals surface area contributed by atoms with E-state index < -0.39 is 15.5 Å². The Kier molecular flexibility index (Phi) is 4.56. The molecule has 2 aromatic carbocycles. The van der Waals surface area contributed by atoms with Crippen LogP contribution in [0, 0.1) is 0 Å². The molecule has 0 spiro atoms. The molecule has 0 fully saturated rings. The predicted octanol–water partition coefficient (Wildman–Crippen LogP) is 3.06. The number of rotatable bonds is 1. The van der Waals surface area contributed by atoms with Crippen LogP contribution < -0.4 is 0 Å². The zero-order chi connectivity index (χ0) is 15.7. The zero-order valence-corrected chi connectivity index (χ0v) is 13.1. The van der Waals surface area contributed by atoms with Crippen LogP contribution >= 0.6 is 17.5 Å². The Balaban J connectivity index is 0.000000177. The monoisotopic (exact) mass is 346 g/mol. The summed E-state index contributed by atoms with van der Waals surface area (Å²) >= 11 is 0. The first kappa shape index (κ1) is 16.2. The molecule has 5 nitrogen and oxygen atoms in total. The van der Waals surface area contributed by atoms with Crippen molar-refractivity contribution in [1.82, 2.24) is 0 Å². The van der Waals surface area contributed by atoms with Crippen LogP contribution in [0.3, 0.4) is 0 Å². The fourth-order valence-electron chi connectivity index (χ4n) is 2.07. The number of benzene rings is 2. The molecular formula is C13H12ClO5PS. The van der Waals surface area contributed by atoms with Crippen molar-refractivity contribution in [2.75, 3.05) is 0 Å². The van der Waals surface area contributed by atoms with Gasteiger partial charge in [0.05, 0.1) is 0 Å². The van der Waals surface area contributed by atoms with Gasteiger partial charge in [0.25, 0.3) is 0 Å². The molecule has 0 saturated heterocycles. The maximum absolute atomic E-state index is 9.66. The molecule has 8 heteroatoms. The summed E-state index contributed by atoms with van der Waals surface area (Å²) < 4.78 is 28.9. The highest BCUT2D eigenvalue weighted by Gasteiger charge is 2.31. The van der Waals surface area contributed by atoms with Crippen LogP contribution in [-0.2, 0) is 19.7 Å².